The normalized spacial score (nSPS) is 22.6. The summed E-state index contributed by atoms with van der Waals surface area (Å²) in [6.07, 6.45) is 5.85. The number of aliphatic hydroxyl groups excluding tert-OH is 1. The van der Waals surface area contributed by atoms with Gasteiger partial charge in [0, 0.05) is 26.3 Å². The largest absolute Gasteiger partial charge is 0.390 e. The van der Waals surface area contributed by atoms with Gasteiger partial charge < -0.3 is 9.84 Å². The van der Waals surface area contributed by atoms with Crippen LogP contribution in [0.25, 0.3) is 0 Å². The lowest BCUT2D eigenvalue weighted by Crippen LogP contribution is -2.50. The number of ether oxygens (including phenoxy) is 1. The van der Waals surface area contributed by atoms with Crippen LogP contribution in [0.2, 0.25) is 0 Å². The zero-order valence-corrected chi connectivity index (χ0v) is 13.1. The predicted molar refractivity (Wildman–Crippen MR) is 77.3 cm³/mol. The fraction of sp³-hybridized carbons (Fsp3) is 0.867. The van der Waals surface area contributed by atoms with E-state index in [1.807, 2.05) is 20.2 Å². The van der Waals surface area contributed by atoms with Gasteiger partial charge >= 0.3 is 0 Å². The lowest BCUT2D eigenvalue weighted by atomic mass is 9.68. The van der Waals surface area contributed by atoms with Gasteiger partial charge in [-0.15, -0.1) is 5.10 Å². The molecule has 1 aliphatic carbocycles. The minimum absolute atomic E-state index is 0.354. The Hall–Kier alpha value is -0.940. The molecule has 1 atom stereocenters. The highest BCUT2D eigenvalue weighted by Crippen LogP contribution is 2.44. The monoisotopic (exact) mass is 281 g/mol. The van der Waals surface area contributed by atoms with Crippen LogP contribution in [0.3, 0.4) is 0 Å². The average molecular weight is 281 g/mol. The van der Waals surface area contributed by atoms with Gasteiger partial charge in [-0.05, 0) is 38.0 Å². The summed E-state index contributed by atoms with van der Waals surface area (Å²) in [5.41, 5.74) is 0.762. The molecule has 5 heteroatoms. The van der Waals surface area contributed by atoms with E-state index in [0.717, 1.165) is 31.4 Å². The van der Waals surface area contributed by atoms with Crippen molar-refractivity contribution in [1.82, 2.24) is 15.0 Å². The van der Waals surface area contributed by atoms with Gasteiger partial charge in [-0.1, -0.05) is 19.1 Å². The Morgan fingerprint density at radius 1 is 1.35 bits per heavy atom. The van der Waals surface area contributed by atoms with Gasteiger partial charge in [0.1, 0.15) is 0 Å². The molecular formula is C15H27N3O2. The molecule has 1 aliphatic rings. The Bertz CT molecular complexity index is 432. The summed E-state index contributed by atoms with van der Waals surface area (Å²) in [7, 11) is 1.84. The summed E-state index contributed by atoms with van der Waals surface area (Å²) < 4.78 is 7.67. The van der Waals surface area contributed by atoms with Gasteiger partial charge in [-0.3, -0.25) is 4.68 Å². The van der Waals surface area contributed by atoms with E-state index in [-0.39, 0.29) is 0 Å². The number of hydrogen-bond acceptors (Lipinski definition) is 4. The van der Waals surface area contributed by atoms with Crippen molar-refractivity contribution in [1.29, 1.82) is 0 Å². The molecule has 2 rings (SSSR count). The molecule has 0 aliphatic heterocycles. The second-order valence-electron chi connectivity index (χ2n) is 6.77. The van der Waals surface area contributed by atoms with Crippen LogP contribution in [0.15, 0.2) is 6.20 Å². The topological polar surface area (TPSA) is 60.2 Å². The van der Waals surface area contributed by atoms with Crippen LogP contribution in [0.1, 0.15) is 52.1 Å². The average Bonchev–Trinajstić information content (AvgIpc) is 2.78. The molecule has 20 heavy (non-hydrogen) atoms. The summed E-state index contributed by atoms with van der Waals surface area (Å²) >= 11 is 0. The summed E-state index contributed by atoms with van der Waals surface area (Å²) in [4.78, 5) is 0. The third kappa shape index (κ3) is 3.38. The van der Waals surface area contributed by atoms with Crippen LogP contribution in [0, 0.1) is 5.41 Å². The quantitative estimate of drug-likeness (QED) is 0.898. The Morgan fingerprint density at radius 3 is 2.50 bits per heavy atom. The number of rotatable bonds is 5. The molecular weight excluding hydrogens is 254 g/mol. The molecule has 1 aromatic rings. The molecule has 114 valence electrons. The number of hydrogen-bond donors (Lipinski definition) is 1. The minimum atomic E-state index is -0.518. The molecule has 1 aromatic heterocycles. The van der Waals surface area contributed by atoms with Gasteiger partial charge in [0.15, 0.2) is 0 Å². The third-order valence-electron chi connectivity index (χ3n) is 4.54. The summed E-state index contributed by atoms with van der Waals surface area (Å²) in [6.45, 7) is 7.21. The maximum absolute atomic E-state index is 10.7. The standard InChI is InChI=1S/C15H27N3O2/c1-5-20-15(8-6-14(2,3)7-9-15)13(19)10-12-11-18(4)17-16-12/h11,13,19H,5-10H2,1-4H3. The lowest BCUT2D eigenvalue weighted by molar-refractivity contribution is -0.151. The molecule has 1 saturated carbocycles. The maximum atomic E-state index is 10.7. The van der Waals surface area contributed by atoms with E-state index in [1.54, 1.807) is 4.68 Å². The first kappa shape index (κ1) is 15.4. The van der Waals surface area contributed by atoms with Crippen LogP contribution in [-0.2, 0) is 18.2 Å². The summed E-state index contributed by atoms with van der Waals surface area (Å²) in [5.74, 6) is 0. The molecule has 5 nitrogen and oxygen atoms in total. The Morgan fingerprint density at radius 2 is 2.00 bits per heavy atom. The van der Waals surface area contributed by atoms with Gasteiger partial charge in [-0.25, -0.2) is 0 Å². The first-order valence-electron chi connectivity index (χ1n) is 7.54. The van der Waals surface area contributed by atoms with Crippen molar-refractivity contribution < 1.29 is 9.84 Å². The van der Waals surface area contributed by atoms with E-state index in [1.165, 1.54) is 0 Å². The Labute approximate surface area is 121 Å². The molecule has 1 N–H and O–H groups in total. The fourth-order valence-corrected chi connectivity index (χ4v) is 3.08. The highest BCUT2D eigenvalue weighted by atomic mass is 16.5. The summed E-state index contributed by atoms with van der Waals surface area (Å²) in [6, 6.07) is 0. The first-order valence-corrected chi connectivity index (χ1v) is 7.54. The second kappa shape index (κ2) is 5.82. The second-order valence-corrected chi connectivity index (χ2v) is 6.77. The van der Waals surface area contributed by atoms with Gasteiger partial charge in [0.25, 0.3) is 0 Å². The van der Waals surface area contributed by atoms with Crippen LogP contribution in [0.4, 0.5) is 0 Å². The number of aryl methyl sites for hydroxylation is 1. The Kier molecular flexibility index (Phi) is 4.49. The third-order valence-corrected chi connectivity index (χ3v) is 4.54. The van der Waals surface area contributed by atoms with Crippen LogP contribution < -0.4 is 0 Å². The van der Waals surface area contributed by atoms with Crippen molar-refractivity contribution in [2.45, 2.75) is 64.6 Å². The SMILES string of the molecule is CCOC1(C(O)Cc2cn(C)nn2)CCC(C)(C)CC1. The van der Waals surface area contributed by atoms with E-state index in [0.29, 0.717) is 18.4 Å². The van der Waals surface area contributed by atoms with Crippen molar-refractivity contribution in [3.8, 4) is 0 Å². The van der Waals surface area contributed by atoms with Crippen molar-refractivity contribution in [3.05, 3.63) is 11.9 Å². The number of aromatic nitrogens is 3. The van der Waals surface area contributed by atoms with E-state index < -0.39 is 11.7 Å². The molecule has 0 aromatic carbocycles. The van der Waals surface area contributed by atoms with E-state index in [4.69, 9.17) is 4.74 Å². The zero-order valence-electron chi connectivity index (χ0n) is 13.1. The molecule has 0 bridgehead atoms. The fourth-order valence-electron chi connectivity index (χ4n) is 3.08. The number of nitrogens with zero attached hydrogens (tertiary/aromatic N) is 3. The minimum Gasteiger partial charge on any atom is -0.390 e. The summed E-state index contributed by atoms with van der Waals surface area (Å²) in [5, 5.41) is 18.7. The van der Waals surface area contributed by atoms with Crippen molar-refractivity contribution in [2.75, 3.05) is 6.61 Å². The molecule has 0 spiro atoms. The smallest absolute Gasteiger partial charge is 0.0944 e. The van der Waals surface area contributed by atoms with E-state index in [2.05, 4.69) is 24.2 Å². The van der Waals surface area contributed by atoms with Crippen molar-refractivity contribution in [3.63, 3.8) is 0 Å². The number of aliphatic hydroxyl groups is 1. The van der Waals surface area contributed by atoms with Gasteiger partial charge in [-0.2, -0.15) is 0 Å². The molecule has 0 radical (unpaired) electrons. The molecule has 0 saturated heterocycles. The van der Waals surface area contributed by atoms with Crippen molar-refractivity contribution >= 4 is 0 Å². The highest BCUT2D eigenvalue weighted by Gasteiger charge is 2.44. The van der Waals surface area contributed by atoms with E-state index >= 15 is 0 Å². The van der Waals surface area contributed by atoms with Gasteiger partial charge in [0.05, 0.1) is 17.4 Å². The molecule has 1 heterocycles. The van der Waals surface area contributed by atoms with Crippen LogP contribution in [-0.4, -0.2) is 38.4 Å². The predicted octanol–water partition coefficient (Wildman–Crippen LogP) is 2.09. The highest BCUT2D eigenvalue weighted by molar-refractivity contribution is 5.02. The molecule has 0 amide bonds. The van der Waals surface area contributed by atoms with Crippen LogP contribution >= 0.6 is 0 Å². The van der Waals surface area contributed by atoms with Crippen LogP contribution in [0.5, 0.6) is 0 Å². The van der Waals surface area contributed by atoms with Gasteiger partial charge in [0.2, 0.25) is 0 Å². The molecule has 1 unspecified atom stereocenters. The first-order chi connectivity index (χ1) is 9.37. The zero-order chi connectivity index (χ0) is 14.8. The molecule has 1 fully saturated rings. The lowest BCUT2D eigenvalue weighted by Gasteiger charge is -2.45. The van der Waals surface area contributed by atoms with Crippen molar-refractivity contribution in [2.24, 2.45) is 12.5 Å². The van der Waals surface area contributed by atoms with E-state index in [9.17, 15) is 5.11 Å². The maximum Gasteiger partial charge on any atom is 0.0944 e. The Balaban J connectivity index is 2.07.